The number of aromatic hydroxyl groups is 1. The quantitative estimate of drug-likeness (QED) is 0.240. The van der Waals surface area contributed by atoms with E-state index in [4.69, 9.17) is 16.3 Å². The van der Waals surface area contributed by atoms with Crippen molar-refractivity contribution < 1.29 is 33.7 Å². The van der Waals surface area contributed by atoms with Crippen molar-refractivity contribution in [2.24, 2.45) is 22.7 Å². The van der Waals surface area contributed by atoms with Crippen LogP contribution in [0.4, 0.5) is 4.39 Å². The van der Waals surface area contributed by atoms with Crippen LogP contribution in [0.15, 0.2) is 76.1 Å². The van der Waals surface area contributed by atoms with Gasteiger partial charge in [0.2, 0.25) is 5.12 Å². The Hall–Kier alpha value is -3.10. The number of fused-ring (bicyclic) bond motifs is 5. The van der Waals surface area contributed by atoms with Crippen LogP contribution in [0.2, 0.25) is 5.02 Å². The van der Waals surface area contributed by atoms with Crippen molar-refractivity contribution in [3.05, 3.63) is 76.9 Å². The lowest BCUT2D eigenvalue weighted by atomic mass is 9.45. The number of rotatable bonds is 6. The molecule has 0 aromatic heterocycles. The number of nitrogens with zero attached hydrogens (tertiary/aromatic N) is 1. The Morgan fingerprint density at radius 3 is 2.57 bits per heavy atom. The zero-order valence-electron chi connectivity index (χ0n) is 25.3. The molecule has 0 unspecified atom stereocenters. The summed E-state index contributed by atoms with van der Waals surface area (Å²) in [6.07, 6.45) is 4.16. The summed E-state index contributed by atoms with van der Waals surface area (Å²) < 4.78 is 23.8. The number of benzene rings is 2. The van der Waals surface area contributed by atoms with Crippen molar-refractivity contribution in [1.29, 1.82) is 5.26 Å². The van der Waals surface area contributed by atoms with Crippen LogP contribution in [0.5, 0.6) is 5.75 Å². The summed E-state index contributed by atoms with van der Waals surface area (Å²) in [5.41, 5.74) is -5.21. The van der Waals surface area contributed by atoms with Crippen LogP contribution in [-0.2, 0) is 14.3 Å². The van der Waals surface area contributed by atoms with E-state index < -0.39 is 51.1 Å². The highest BCUT2D eigenvalue weighted by atomic mass is 35.5. The molecule has 6 rings (SSSR count). The average Bonchev–Trinajstić information content (AvgIpc) is 3.31. The van der Waals surface area contributed by atoms with Gasteiger partial charge in [-0.25, -0.2) is 9.18 Å². The first kappa shape index (κ1) is 32.8. The van der Waals surface area contributed by atoms with Gasteiger partial charge in [0.1, 0.15) is 5.75 Å². The molecular weight excluding hydrogens is 649 g/mol. The molecule has 4 aliphatic carbocycles. The normalized spacial score (nSPS) is 34.5. The van der Waals surface area contributed by atoms with E-state index >= 15 is 4.39 Å². The molecular formula is C35H33ClFNO6S2. The maximum Gasteiger partial charge on any atom is 0.339 e. The summed E-state index contributed by atoms with van der Waals surface area (Å²) in [7, 11) is 0. The first-order valence-electron chi connectivity index (χ1n) is 15.1. The standard InChI is InChI=1S/C35H33ClFNO6S2/c1-32-13-11-22(39)17-21(32)5-9-26-25-12-14-34(31(43)45-16-15-38,33(25,2)19-29(41)35(26,32)37)44-30(42)20-3-6-23(7-4-20)46-24-8-10-28(40)27(36)18-24/h3-8,10-11,13,18,25-26,29,40-41H,9,12,14,16-17,19H2,1-2H3/t25-,26-,29-,32-,33-,34-,35-/m0/s1. The number of carbonyl (C=O) groups is 3. The number of allylic oxidation sites excluding steroid dienone is 4. The highest BCUT2D eigenvalue weighted by Gasteiger charge is 2.75. The van der Waals surface area contributed by atoms with Crippen LogP contribution in [0.3, 0.4) is 0 Å². The summed E-state index contributed by atoms with van der Waals surface area (Å²) >= 11 is 8.18. The van der Waals surface area contributed by atoms with Crippen LogP contribution < -0.4 is 0 Å². The van der Waals surface area contributed by atoms with Gasteiger partial charge in [-0.15, -0.1) is 0 Å². The van der Waals surface area contributed by atoms with E-state index in [0.717, 1.165) is 21.6 Å². The van der Waals surface area contributed by atoms with Gasteiger partial charge in [-0.05, 0) is 87.1 Å². The summed E-state index contributed by atoms with van der Waals surface area (Å²) in [6, 6.07) is 13.5. The highest BCUT2D eigenvalue weighted by Crippen LogP contribution is 2.70. The van der Waals surface area contributed by atoms with E-state index in [1.165, 1.54) is 23.9 Å². The number of ketones is 1. The van der Waals surface area contributed by atoms with Gasteiger partial charge in [0.25, 0.3) is 0 Å². The molecule has 11 heteroatoms. The monoisotopic (exact) mass is 681 g/mol. The van der Waals surface area contributed by atoms with Gasteiger partial charge in [0, 0.05) is 33.0 Å². The van der Waals surface area contributed by atoms with Gasteiger partial charge in [-0.1, -0.05) is 59.8 Å². The molecule has 2 saturated carbocycles. The van der Waals surface area contributed by atoms with E-state index in [1.54, 1.807) is 56.3 Å². The van der Waals surface area contributed by atoms with Crippen molar-refractivity contribution in [2.45, 2.75) is 73.1 Å². The fraction of sp³-hybridized carbons (Fsp3) is 0.429. The van der Waals surface area contributed by atoms with Crippen LogP contribution in [0, 0.1) is 34.0 Å². The Labute approximate surface area is 280 Å². The van der Waals surface area contributed by atoms with Crippen molar-refractivity contribution in [2.75, 3.05) is 5.75 Å². The molecule has 0 aliphatic heterocycles. The summed E-state index contributed by atoms with van der Waals surface area (Å²) in [6.45, 7) is 3.53. The number of esters is 1. The zero-order chi connectivity index (χ0) is 33.1. The van der Waals surface area contributed by atoms with Gasteiger partial charge >= 0.3 is 5.97 Å². The number of alkyl halides is 1. The van der Waals surface area contributed by atoms with Gasteiger partial charge in [0.15, 0.2) is 17.1 Å². The number of phenolic OH excluding ortho intramolecular Hbond substituents is 1. The number of aliphatic hydroxyl groups is 1. The third-order valence-electron chi connectivity index (χ3n) is 10.8. The molecule has 0 saturated heterocycles. The Bertz CT molecular complexity index is 1720. The van der Waals surface area contributed by atoms with Crippen molar-refractivity contribution in [1.82, 2.24) is 0 Å². The molecule has 0 amide bonds. The minimum atomic E-state index is -2.09. The van der Waals surface area contributed by atoms with Crippen molar-refractivity contribution in [3.8, 4) is 11.8 Å². The second-order valence-corrected chi connectivity index (χ2v) is 15.5. The fourth-order valence-corrected chi connectivity index (χ4v) is 10.3. The van der Waals surface area contributed by atoms with Gasteiger partial charge in [-0.3, -0.25) is 9.59 Å². The molecule has 4 aliphatic rings. The maximum atomic E-state index is 17.6. The second kappa shape index (κ2) is 11.9. The average molecular weight is 682 g/mol. The predicted molar refractivity (Wildman–Crippen MR) is 173 cm³/mol. The van der Waals surface area contributed by atoms with Gasteiger partial charge in [-0.2, -0.15) is 5.26 Å². The smallest absolute Gasteiger partial charge is 0.339 e. The molecule has 0 bridgehead atoms. The van der Waals surface area contributed by atoms with E-state index in [2.05, 4.69) is 0 Å². The molecule has 2 N–H and O–H groups in total. The number of aliphatic hydroxyl groups excluding tert-OH is 1. The third-order valence-corrected chi connectivity index (χ3v) is 13.0. The molecule has 2 fully saturated rings. The molecule has 0 spiro atoms. The lowest BCUT2D eigenvalue weighted by Crippen LogP contribution is -2.69. The van der Waals surface area contributed by atoms with Gasteiger partial charge < -0.3 is 14.9 Å². The predicted octanol–water partition coefficient (Wildman–Crippen LogP) is 7.25. The number of halogens is 2. The second-order valence-electron chi connectivity index (χ2n) is 13.0. The minimum Gasteiger partial charge on any atom is -0.506 e. The Kier molecular flexibility index (Phi) is 8.46. The molecule has 0 heterocycles. The summed E-state index contributed by atoms with van der Waals surface area (Å²) in [5.74, 6) is -2.11. The number of ether oxygens (including phenoxy) is 1. The molecule has 46 heavy (non-hydrogen) atoms. The SMILES string of the molecule is C[C@]12C=CC(=O)CC1=CC[C@H]1[C@@H]3CC[C@](OC(=O)c4ccc(Sc5ccc(O)c(Cl)c5)cc4)(C(=O)SCC#N)[C@@]3(C)C[C@H](O)[C@@]12F. The first-order valence-corrected chi connectivity index (χ1v) is 17.3. The van der Waals surface area contributed by atoms with Crippen LogP contribution in [-0.4, -0.2) is 50.2 Å². The Morgan fingerprint density at radius 1 is 1.15 bits per heavy atom. The minimum absolute atomic E-state index is 0.0210. The molecule has 7 nitrogen and oxygen atoms in total. The van der Waals surface area contributed by atoms with Crippen molar-refractivity contribution >= 4 is 52.0 Å². The van der Waals surface area contributed by atoms with E-state index in [9.17, 15) is 29.9 Å². The molecule has 240 valence electrons. The Balaban J connectivity index is 1.31. The topological polar surface area (TPSA) is 125 Å². The van der Waals surface area contributed by atoms with Crippen LogP contribution >= 0.6 is 35.1 Å². The molecule has 2 aromatic rings. The van der Waals surface area contributed by atoms with E-state index in [0.29, 0.717) is 12.0 Å². The number of nitriles is 1. The summed E-state index contributed by atoms with van der Waals surface area (Å²) in [4.78, 5) is 41.5. The van der Waals surface area contributed by atoms with Crippen molar-refractivity contribution in [3.63, 3.8) is 0 Å². The molecule has 0 radical (unpaired) electrons. The fourth-order valence-electron chi connectivity index (χ4n) is 8.43. The molecule has 2 aromatic carbocycles. The lowest BCUT2D eigenvalue weighted by Gasteiger charge is -2.62. The number of thioether (sulfide) groups is 1. The van der Waals surface area contributed by atoms with E-state index in [-0.39, 0.29) is 53.6 Å². The molecule has 7 atom stereocenters. The first-order chi connectivity index (χ1) is 21.8. The summed E-state index contributed by atoms with van der Waals surface area (Å²) in [5, 5.41) is 30.4. The van der Waals surface area contributed by atoms with E-state index in [1.807, 2.05) is 12.1 Å². The number of carbonyl (C=O) groups excluding carboxylic acids is 3. The highest BCUT2D eigenvalue weighted by molar-refractivity contribution is 8.14. The van der Waals surface area contributed by atoms with Gasteiger partial charge in [0.05, 0.1) is 28.5 Å². The largest absolute Gasteiger partial charge is 0.506 e. The lowest BCUT2D eigenvalue weighted by molar-refractivity contribution is -0.209. The number of hydrogen-bond acceptors (Lipinski definition) is 9. The van der Waals surface area contributed by atoms with Crippen LogP contribution in [0.25, 0.3) is 0 Å². The number of hydrogen-bond donors (Lipinski definition) is 2. The van der Waals surface area contributed by atoms with Crippen LogP contribution in [0.1, 0.15) is 56.3 Å². The maximum absolute atomic E-state index is 17.6. The zero-order valence-corrected chi connectivity index (χ0v) is 27.7. The number of phenols is 1. The Morgan fingerprint density at radius 2 is 1.87 bits per heavy atom. The third kappa shape index (κ3) is 4.93.